The number of nitrogens with zero attached hydrogens (tertiary/aromatic N) is 3. The highest BCUT2D eigenvalue weighted by atomic mass is 35.5. The molecule has 1 aliphatic rings. The highest BCUT2D eigenvalue weighted by Crippen LogP contribution is 2.23. The van der Waals surface area contributed by atoms with Crippen LogP contribution in [0.3, 0.4) is 0 Å². The van der Waals surface area contributed by atoms with Gasteiger partial charge in [-0.1, -0.05) is 11.6 Å². The van der Waals surface area contributed by atoms with Crippen molar-refractivity contribution in [1.29, 1.82) is 0 Å². The Morgan fingerprint density at radius 3 is 2.64 bits per heavy atom. The number of piperidine rings is 1. The molecule has 0 atom stereocenters. The molecule has 0 N–H and O–H groups in total. The van der Waals surface area contributed by atoms with Crippen molar-refractivity contribution in [3.05, 3.63) is 15.5 Å². The minimum absolute atomic E-state index is 0.236. The summed E-state index contributed by atoms with van der Waals surface area (Å²) in [5, 5.41) is 0. The van der Waals surface area contributed by atoms with E-state index in [-0.39, 0.29) is 12.1 Å². The Bertz CT molecular complexity index is 507. The molecule has 0 spiro atoms. The Morgan fingerprint density at radius 2 is 2.14 bits per heavy atom. The normalized spacial score (nSPS) is 17.5. The predicted octanol–water partition coefficient (Wildman–Crippen LogP) is 3.63. The van der Waals surface area contributed by atoms with Crippen LogP contribution in [0.15, 0.2) is 6.20 Å². The number of hydrogen-bond donors (Lipinski definition) is 0. The van der Waals surface area contributed by atoms with Gasteiger partial charge in [-0.2, -0.15) is 0 Å². The fourth-order valence-electron chi connectivity index (χ4n) is 2.52. The fraction of sp³-hybridized carbons (Fsp3) is 0.733. The zero-order valence-corrected chi connectivity index (χ0v) is 15.2. The number of hydrogen-bond acceptors (Lipinski definition) is 5. The smallest absolute Gasteiger partial charge is 0.410 e. The summed E-state index contributed by atoms with van der Waals surface area (Å²) in [6.07, 6.45) is 3.52. The standard InChI is InChI=1S/C15H24ClN3O2S/c1-15(2,3)21-14(20)18(4)11-5-7-19(8-6-11)10-12-9-17-13(16)22-12/h9,11H,5-8,10H2,1-4H3. The molecule has 0 aliphatic carbocycles. The Kier molecular flexibility index (Phi) is 5.69. The molecule has 124 valence electrons. The van der Waals surface area contributed by atoms with Gasteiger partial charge in [0.1, 0.15) is 5.60 Å². The molecule has 1 fully saturated rings. The average molecular weight is 346 g/mol. The van der Waals surface area contributed by atoms with E-state index in [9.17, 15) is 4.79 Å². The highest BCUT2D eigenvalue weighted by Gasteiger charge is 2.28. The lowest BCUT2D eigenvalue weighted by Crippen LogP contribution is -2.46. The Labute approximate surface area is 141 Å². The number of likely N-dealkylation sites (tertiary alicyclic amines) is 1. The van der Waals surface area contributed by atoms with E-state index in [1.807, 2.05) is 34.0 Å². The van der Waals surface area contributed by atoms with E-state index in [4.69, 9.17) is 16.3 Å². The zero-order valence-electron chi connectivity index (χ0n) is 13.6. The van der Waals surface area contributed by atoms with E-state index in [1.54, 1.807) is 4.90 Å². The lowest BCUT2D eigenvalue weighted by Gasteiger charge is -2.37. The van der Waals surface area contributed by atoms with Crippen molar-refractivity contribution in [3.8, 4) is 0 Å². The minimum Gasteiger partial charge on any atom is -0.444 e. The van der Waals surface area contributed by atoms with E-state index in [1.165, 1.54) is 16.2 Å². The molecule has 7 heteroatoms. The molecule has 0 saturated carbocycles. The van der Waals surface area contributed by atoms with Crippen molar-refractivity contribution in [1.82, 2.24) is 14.8 Å². The van der Waals surface area contributed by atoms with Gasteiger partial charge in [0.05, 0.1) is 0 Å². The fourth-order valence-corrected chi connectivity index (χ4v) is 3.55. The van der Waals surface area contributed by atoms with Crippen LogP contribution in [-0.2, 0) is 11.3 Å². The number of ether oxygens (including phenoxy) is 1. The number of halogens is 1. The van der Waals surface area contributed by atoms with Gasteiger partial charge in [-0.05, 0) is 33.6 Å². The minimum atomic E-state index is -0.447. The maximum atomic E-state index is 12.1. The first-order chi connectivity index (χ1) is 10.2. The van der Waals surface area contributed by atoms with Crippen molar-refractivity contribution >= 4 is 29.0 Å². The molecule has 0 unspecified atom stereocenters. The monoisotopic (exact) mass is 345 g/mol. The van der Waals surface area contributed by atoms with Crippen LogP contribution in [-0.4, -0.2) is 52.7 Å². The second kappa shape index (κ2) is 7.15. The molecule has 0 radical (unpaired) electrons. The highest BCUT2D eigenvalue weighted by molar-refractivity contribution is 7.15. The van der Waals surface area contributed by atoms with Crippen molar-refractivity contribution in [3.63, 3.8) is 0 Å². The summed E-state index contributed by atoms with van der Waals surface area (Å²) in [4.78, 5) is 21.5. The third-order valence-corrected chi connectivity index (χ3v) is 4.79. The van der Waals surface area contributed by atoms with Crippen molar-refractivity contribution < 1.29 is 9.53 Å². The number of amides is 1. The van der Waals surface area contributed by atoms with E-state index in [0.29, 0.717) is 4.47 Å². The molecule has 0 bridgehead atoms. The van der Waals surface area contributed by atoms with Gasteiger partial charge < -0.3 is 9.64 Å². The van der Waals surface area contributed by atoms with Crippen molar-refractivity contribution in [2.75, 3.05) is 20.1 Å². The summed E-state index contributed by atoms with van der Waals surface area (Å²) in [6.45, 7) is 8.48. The summed E-state index contributed by atoms with van der Waals surface area (Å²) in [6, 6.07) is 0.246. The Balaban J connectivity index is 1.80. The molecule has 1 amide bonds. The van der Waals surface area contributed by atoms with Crippen molar-refractivity contribution in [2.24, 2.45) is 0 Å². The summed E-state index contributed by atoms with van der Waals surface area (Å²) in [5.74, 6) is 0. The summed E-state index contributed by atoms with van der Waals surface area (Å²) in [7, 11) is 1.83. The zero-order chi connectivity index (χ0) is 16.3. The lowest BCUT2D eigenvalue weighted by atomic mass is 10.0. The third kappa shape index (κ3) is 5.11. The van der Waals surface area contributed by atoms with E-state index in [2.05, 4.69) is 9.88 Å². The molecule has 1 aromatic heterocycles. The van der Waals surface area contributed by atoms with Crippen LogP contribution in [0.5, 0.6) is 0 Å². The molecule has 1 aliphatic heterocycles. The first kappa shape index (κ1) is 17.5. The molecule has 22 heavy (non-hydrogen) atoms. The topological polar surface area (TPSA) is 45.7 Å². The van der Waals surface area contributed by atoms with Gasteiger partial charge in [0.15, 0.2) is 4.47 Å². The van der Waals surface area contributed by atoms with E-state index in [0.717, 1.165) is 32.5 Å². The van der Waals surface area contributed by atoms with Crippen LogP contribution < -0.4 is 0 Å². The quantitative estimate of drug-likeness (QED) is 0.839. The van der Waals surface area contributed by atoms with Gasteiger partial charge in [-0.25, -0.2) is 9.78 Å². The number of aromatic nitrogens is 1. The van der Waals surface area contributed by atoms with E-state index < -0.39 is 5.60 Å². The predicted molar refractivity (Wildman–Crippen MR) is 89.4 cm³/mol. The van der Waals surface area contributed by atoms with Crippen LogP contribution >= 0.6 is 22.9 Å². The molecular formula is C15H24ClN3O2S. The SMILES string of the molecule is CN(C(=O)OC(C)(C)C)C1CCN(Cc2cnc(Cl)s2)CC1. The summed E-state index contributed by atoms with van der Waals surface area (Å²) in [5.41, 5.74) is -0.447. The van der Waals surface area contributed by atoms with Crippen LogP contribution in [0.1, 0.15) is 38.5 Å². The van der Waals surface area contributed by atoms with E-state index >= 15 is 0 Å². The van der Waals surface area contributed by atoms with Gasteiger partial charge in [-0.15, -0.1) is 11.3 Å². The van der Waals surface area contributed by atoms with Gasteiger partial charge in [0, 0.05) is 43.8 Å². The second-order valence-electron chi connectivity index (χ2n) is 6.68. The number of thiazole rings is 1. The molecular weight excluding hydrogens is 322 g/mol. The van der Waals surface area contributed by atoms with Gasteiger partial charge >= 0.3 is 6.09 Å². The molecule has 2 heterocycles. The van der Waals surface area contributed by atoms with Crippen LogP contribution in [0.4, 0.5) is 4.79 Å². The lowest BCUT2D eigenvalue weighted by molar-refractivity contribution is 0.0149. The van der Waals surface area contributed by atoms with Crippen LogP contribution in [0.2, 0.25) is 4.47 Å². The summed E-state index contributed by atoms with van der Waals surface area (Å²) < 4.78 is 6.02. The number of rotatable bonds is 3. The van der Waals surface area contributed by atoms with Crippen molar-refractivity contribution in [2.45, 2.75) is 51.8 Å². The summed E-state index contributed by atoms with van der Waals surface area (Å²) >= 11 is 7.39. The first-order valence-electron chi connectivity index (χ1n) is 7.53. The maximum absolute atomic E-state index is 12.1. The van der Waals surface area contributed by atoms with Crippen LogP contribution in [0.25, 0.3) is 0 Å². The maximum Gasteiger partial charge on any atom is 0.410 e. The van der Waals surface area contributed by atoms with Gasteiger partial charge in [0.2, 0.25) is 0 Å². The Morgan fingerprint density at radius 1 is 1.50 bits per heavy atom. The molecule has 0 aromatic carbocycles. The van der Waals surface area contributed by atoms with Gasteiger partial charge in [-0.3, -0.25) is 4.90 Å². The van der Waals surface area contributed by atoms with Crippen LogP contribution in [0, 0.1) is 0 Å². The third-order valence-electron chi connectivity index (χ3n) is 3.69. The number of carbonyl (C=O) groups excluding carboxylic acids is 1. The average Bonchev–Trinajstić information content (AvgIpc) is 2.82. The van der Waals surface area contributed by atoms with Gasteiger partial charge in [0.25, 0.3) is 0 Å². The molecule has 5 nitrogen and oxygen atoms in total. The largest absolute Gasteiger partial charge is 0.444 e. The second-order valence-corrected chi connectivity index (χ2v) is 8.38. The molecule has 2 rings (SSSR count). The first-order valence-corrected chi connectivity index (χ1v) is 8.72. The Hall–Kier alpha value is -0.850. The molecule has 1 saturated heterocycles. The molecule has 1 aromatic rings. The number of carbonyl (C=O) groups is 1.